The molecule has 2 aromatic rings. The van der Waals surface area contributed by atoms with Gasteiger partial charge in [-0.1, -0.05) is 18.5 Å². The van der Waals surface area contributed by atoms with E-state index in [0.29, 0.717) is 6.42 Å². The summed E-state index contributed by atoms with van der Waals surface area (Å²) < 4.78 is 43.9. The molecule has 0 saturated carbocycles. The molecule has 0 saturated heterocycles. The molecule has 2 rings (SSSR count). The fraction of sp³-hybridized carbons (Fsp3) is 0.333. The highest BCUT2D eigenvalue weighted by atomic mass is 19.2. The molecule has 2 N–H and O–H groups in total. The molecule has 7 heteroatoms. The number of rotatable bonds is 4. The Morgan fingerprint density at radius 1 is 1.26 bits per heavy atom. The number of hydrogen-bond donors (Lipinski definition) is 1. The molecular formula is C12H12F3N3O. The molecule has 0 fully saturated rings. The van der Waals surface area contributed by atoms with Crippen LogP contribution in [0.4, 0.5) is 13.2 Å². The number of benzene rings is 1. The Hall–Kier alpha value is -1.89. The Labute approximate surface area is 107 Å². The second kappa shape index (κ2) is 5.40. The summed E-state index contributed by atoms with van der Waals surface area (Å²) in [6, 6.07) is 1.18. The third-order valence-electron chi connectivity index (χ3n) is 2.60. The molecule has 0 aliphatic carbocycles. The SMILES string of the molecule is CCCC(N)c1noc(-c2cc(F)c(F)c(F)c2)n1. The predicted octanol–water partition coefficient (Wildman–Crippen LogP) is 2.95. The Bertz CT molecular complexity index is 562. The van der Waals surface area contributed by atoms with Gasteiger partial charge in [-0.3, -0.25) is 0 Å². The van der Waals surface area contributed by atoms with Crippen LogP contribution in [0.15, 0.2) is 16.7 Å². The molecule has 0 aliphatic rings. The van der Waals surface area contributed by atoms with Crippen molar-refractivity contribution in [1.82, 2.24) is 10.1 Å². The van der Waals surface area contributed by atoms with Crippen molar-refractivity contribution in [2.45, 2.75) is 25.8 Å². The van der Waals surface area contributed by atoms with Crippen molar-refractivity contribution >= 4 is 0 Å². The zero-order chi connectivity index (χ0) is 14.0. The van der Waals surface area contributed by atoms with Crippen LogP contribution < -0.4 is 5.73 Å². The summed E-state index contributed by atoms with van der Waals surface area (Å²) in [5, 5.41) is 3.64. The van der Waals surface area contributed by atoms with Gasteiger partial charge in [-0.05, 0) is 18.6 Å². The molecule has 19 heavy (non-hydrogen) atoms. The second-order valence-corrected chi connectivity index (χ2v) is 4.11. The van der Waals surface area contributed by atoms with Crippen LogP contribution in [0.5, 0.6) is 0 Å². The Kier molecular flexibility index (Phi) is 3.84. The third kappa shape index (κ3) is 2.76. The average Bonchev–Trinajstić information content (AvgIpc) is 2.85. The van der Waals surface area contributed by atoms with Crippen molar-refractivity contribution in [2.75, 3.05) is 0 Å². The van der Waals surface area contributed by atoms with E-state index < -0.39 is 23.5 Å². The lowest BCUT2D eigenvalue weighted by molar-refractivity contribution is 0.411. The molecule has 0 bridgehead atoms. The number of halogens is 3. The molecule has 1 aromatic heterocycles. The fourth-order valence-electron chi connectivity index (χ4n) is 1.62. The van der Waals surface area contributed by atoms with Crippen LogP contribution in [0.25, 0.3) is 11.5 Å². The highest BCUT2D eigenvalue weighted by Gasteiger charge is 2.18. The van der Waals surface area contributed by atoms with Gasteiger partial charge in [-0.2, -0.15) is 4.98 Å². The van der Waals surface area contributed by atoms with Gasteiger partial charge in [0.2, 0.25) is 0 Å². The summed E-state index contributed by atoms with van der Waals surface area (Å²) in [6.07, 6.45) is 1.50. The van der Waals surface area contributed by atoms with Gasteiger partial charge in [0.25, 0.3) is 5.89 Å². The maximum absolute atomic E-state index is 13.1. The van der Waals surface area contributed by atoms with Crippen LogP contribution in [0.3, 0.4) is 0 Å². The molecule has 4 nitrogen and oxygen atoms in total. The first kappa shape index (κ1) is 13.5. The van der Waals surface area contributed by atoms with Crippen molar-refractivity contribution in [3.8, 4) is 11.5 Å². The van der Waals surface area contributed by atoms with E-state index in [0.717, 1.165) is 18.6 Å². The number of aromatic nitrogens is 2. The minimum absolute atomic E-state index is 0.0288. The largest absolute Gasteiger partial charge is 0.334 e. The van der Waals surface area contributed by atoms with E-state index in [1.807, 2.05) is 6.92 Å². The lowest BCUT2D eigenvalue weighted by Crippen LogP contribution is -2.11. The summed E-state index contributed by atoms with van der Waals surface area (Å²) in [4.78, 5) is 3.95. The second-order valence-electron chi connectivity index (χ2n) is 4.11. The highest BCUT2D eigenvalue weighted by Crippen LogP contribution is 2.23. The summed E-state index contributed by atoms with van der Waals surface area (Å²) in [5.74, 6) is -4.01. The smallest absolute Gasteiger partial charge is 0.258 e. The van der Waals surface area contributed by atoms with Gasteiger partial charge in [-0.15, -0.1) is 0 Å². The molecule has 0 amide bonds. The summed E-state index contributed by atoms with van der Waals surface area (Å²) in [6.45, 7) is 1.95. The minimum atomic E-state index is -1.54. The third-order valence-corrected chi connectivity index (χ3v) is 2.60. The highest BCUT2D eigenvalue weighted by molar-refractivity contribution is 5.53. The minimum Gasteiger partial charge on any atom is -0.334 e. The van der Waals surface area contributed by atoms with Crippen LogP contribution in [-0.2, 0) is 0 Å². The predicted molar refractivity (Wildman–Crippen MR) is 61.4 cm³/mol. The number of nitrogens with two attached hydrogens (primary N) is 1. The maximum atomic E-state index is 13.1. The zero-order valence-electron chi connectivity index (χ0n) is 10.2. The quantitative estimate of drug-likeness (QED) is 0.868. The van der Waals surface area contributed by atoms with E-state index in [4.69, 9.17) is 10.3 Å². The molecular weight excluding hydrogens is 259 g/mol. The first-order valence-electron chi connectivity index (χ1n) is 5.77. The van der Waals surface area contributed by atoms with E-state index in [-0.39, 0.29) is 17.3 Å². The van der Waals surface area contributed by atoms with E-state index in [1.165, 1.54) is 0 Å². The van der Waals surface area contributed by atoms with E-state index in [9.17, 15) is 13.2 Å². The van der Waals surface area contributed by atoms with Crippen LogP contribution in [0.2, 0.25) is 0 Å². The van der Waals surface area contributed by atoms with Gasteiger partial charge in [0, 0.05) is 5.56 Å². The molecule has 1 heterocycles. The van der Waals surface area contributed by atoms with Gasteiger partial charge in [0.1, 0.15) is 0 Å². The number of nitrogens with zero attached hydrogens (tertiary/aromatic N) is 2. The van der Waals surface area contributed by atoms with E-state index in [1.54, 1.807) is 0 Å². The summed E-state index contributed by atoms with van der Waals surface area (Å²) in [7, 11) is 0. The van der Waals surface area contributed by atoms with E-state index in [2.05, 4.69) is 10.1 Å². The van der Waals surface area contributed by atoms with Gasteiger partial charge in [0.05, 0.1) is 6.04 Å². The lowest BCUT2D eigenvalue weighted by Gasteiger charge is -2.02. The van der Waals surface area contributed by atoms with Gasteiger partial charge < -0.3 is 10.3 Å². The zero-order valence-corrected chi connectivity index (χ0v) is 10.2. The molecule has 0 radical (unpaired) electrons. The Balaban J connectivity index is 2.33. The van der Waals surface area contributed by atoms with E-state index >= 15 is 0 Å². The van der Waals surface area contributed by atoms with Crippen LogP contribution in [0.1, 0.15) is 31.6 Å². The molecule has 1 atom stereocenters. The first-order valence-corrected chi connectivity index (χ1v) is 5.77. The average molecular weight is 271 g/mol. The van der Waals surface area contributed by atoms with Crippen molar-refractivity contribution < 1.29 is 17.7 Å². The van der Waals surface area contributed by atoms with Crippen molar-refractivity contribution in [1.29, 1.82) is 0 Å². The monoisotopic (exact) mass is 271 g/mol. The normalized spacial score (nSPS) is 12.7. The summed E-state index contributed by atoms with van der Waals surface area (Å²) in [5.41, 5.74) is 5.76. The van der Waals surface area contributed by atoms with Crippen LogP contribution >= 0.6 is 0 Å². The Morgan fingerprint density at radius 2 is 1.89 bits per heavy atom. The molecule has 1 unspecified atom stereocenters. The van der Waals surface area contributed by atoms with Crippen LogP contribution in [0, 0.1) is 17.5 Å². The summed E-state index contributed by atoms with van der Waals surface area (Å²) >= 11 is 0. The topological polar surface area (TPSA) is 64.9 Å². The standard InChI is InChI=1S/C12H12F3N3O/c1-2-3-9(16)11-17-12(19-18-11)6-4-7(13)10(15)8(14)5-6/h4-5,9H,2-3,16H2,1H3. The molecule has 1 aromatic carbocycles. The van der Waals surface area contributed by atoms with Crippen molar-refractivity contribution in [3.05, 3.63) is 35.4 Å². The Morgan fingerprint density at radius 3 is 2.47 bits per heavy atom. The van der Waals surface area contributed by atoms with Crippen molar-refractivity contribution in [2.24, 2.45) is 5.73 Å². The molecule has 102 valence electrons. The first-order chi connectivity index (χ1) is 9.02. The van der Waals surface area contributed by atoms with Gasteiger partial charge in [-0.25, -0.2) is 13.2 Å². The maximum Gasteiger partial charge on any atom is 0.258 e. The van der Waals surface area contributed by atoms with Gasteiger partial charge in [0.15, 0.2) is 23.3 Å². The number of hydrogen-bond acceptors (Lipinski definition) is 4. The molecule has 0 aliphatic heterocycles. The fourth-order valence-corrected chi connectivity index (χ4v) is 1.62. The van der Waals surface area contributed by atoms with Gasteiger partial charge >= 0.3 is 0 Å². The molecule has 0 spiro atoms. The van der Waals surface area contributed by atoms with Crippen molar-refractivity contribution in [3.63, 3.8) is 0 Å². The lowest BCUT2D eigenvalue weighted by atomic mass is 10.1. The van der Waals surface area contributed by atoms with Crippen LogP contribution in [-0.4, -0.2) is 10.1 Å².